The molecule has 7 nitrogen and oxygen atoms in total. The predicted octanol–water partition coefficient (Wildman–Crippen LogP) is 4.66. The molecular formula is C25H23Cl2N5O2. The highest BCUT2D eigenvalue weighted by Gasteiger charge is 2.12. The molecule has 34 heavy (non-hydrogen) atoms. The van der Waals surface area contributed by atoms with Gasteiger partial charge in [-0.25, -0.2) is 4.98 Å². The van der Waals surface area contributed by atoms with E-state index in [0.29, 0.717) is 40.2 Å². The Bertz CT molecular complexity index is 1410. The monoisotopic (exact) mass is 495 g/mol. The summed E-state index contributed by atoms with van der Waals surface area (Å²) in [5.41, 5.74) is 4.32. The lowest BCUT2D eigenvalue weighted by Gasteiger charge is -2.12. The number of imidazole rings is 1. The summed E-state index contributed by atoms with van der Waals surface area (Å²) in [6.07, 6.45) is 5.33. The summed E-state index contributed by atoms with van der Waals surface area (Å²) < 4.78 is 8.80. The molecule has 0 radical (unpaired) electrons. The molecule has 0 saturated heterocycles. The van der Waals surface area contributed by atoms with Crippen LogP contribution in [0.5, 0.6) is 5.88 Å². The maximum absolute atomic E-state index is 13.1. The van der Waals surface area contributed by atoms with E-state index in [9.17, 15) is 4.79 Å². The summed E-state index contributed by atoms with van der Waals surface area (Å²) in [5, 5.41) is 12.1. The first-order valence-corrected chi connectivity index (χ1v) is 11.2. The number of benzene rings is 2. The summed E-state index contributed by atoms with van der Waals surface area (Å²) in [7, 11) is 3.38. The fraction of sp³-hybridized carbons (Fsp3) is 0.160. The van der Waals surface area contributed by atoms with Crippen molar-refractivity contribution in [2.75, 3.05) is 7.11 Å². The van der Waals surface area contributed by atoms with Gasteiger partial charge in [-0.2, -0.15) is 0 Å². The maximum Gasteiger partial charge on any atom is 0.251 e. The van der Waals surface area contributed by atoms with E-state index in [4.69, 9.17) is 33.3 Å². The first-order valence-electron chi connectivity index (χ1n) is 10.5. The molecular weight excluding hydrogens is 473 g/mol. The maximum atomic E-state index is 13.1. The molecule has 174 valence electrons. The van der Waals surface area contributed by atoms with Crippen molar-refractivity contribution in [2.45, 2.75) is 13.1 Å². The van der Waals surface area contributed by atoms with Gasteiger partial charge >= 0.3 is 0 Å². The van der Waals surface area contributed by atoms with Crippen molar-refractivity contribution in [3.05, 3.63) is 99.5 Å². The minimum atomic E-state index is -0.223. The fourth-order valence-electron chi connectivity index (χ4n) is 3.56. The van der Waals surface area contributed by atoms with E-state index in [0.717, 1.165) is 22.3 Å². The van der Waals surface area contributed by atoms with E-state index in [1.807, 2.05) is 60.4 Å². The van der Waals surface area contributed by atoms with Crippen molar-refractivity contribution in [3.63, 3.8) is 0 Å². The highest BCUT2D eigenvalue weighted by Crippen LogP contribution is 2.26. The lowest BCUT2D eigenvalue weighted by Crippen LogP contribution is -2.24. The predicted molar refractivity (Wildman–Crippen MR) is 132 cm³/mol. The summed E-state index contributed by atoms with van der Waals surface area (Å²) in [6, 6.07) is 14.6. The van der Waals surface area contributed by atoms with Crippen LogP contribution in [0.3, 0.4) is 0 Å². The van der Waals surface area contributed by atoms with Crippen LogP contribution in [0.2, 0.25) is 10.0 Å². The summed E-state index contributed by atoms with van der Waals surface area (Å²) in [4.78, 5) is 17.3. The van der Waals surface area contributed by atoms with Gasteiger partial charge < -0.3 is 19.2 Å². The molecule has 4 aromatic rings. The standard InChI is InChI=1S/C25H23Cl2N5O2/c1-31-7-8-32(25(31)28)15-17-9-19(18-5-6-29-23(13-18)34-2)12-20(10-17)24(33)30-14-16-3-4-21(26)22(27)11-16/h3-13,28H,14-15H2,1-2H3,(H,30,33). The minimum absolute atomic E-state index is 0.223. The van der Waals surface area contributed by atoms with Crippen LogP contribution in [-0.2, 0) is 20.1 Å². The molecule has 0 bridgehead atoms. The normalized spacial score (nSPS) is 10.8. The zero-order valence-corrected chi connectivity index (χ0v) is 20.2. The van der Waals surface area contributed by atoms with Crippen molar-refractivity contribution in [1.82, 2.24) is 19.4 Å². The molecule has 0 aliphatic heterocycles. The third-order valence-corrected chi connectivity index (χ3v) is 6.14. The van der Waals surface area contributed by atoms with Crippen LogP contribution in [0.25, 0.3) is 11.1 Å². The Morgan fingerprint density at radius 2 is 1.85 bits per heavy atom. The average molecular weight is 496 g/mol. The van der Waals surface area contributed by atoms with Gasteiger partial charge in [-0.15, -0.1) is 0 Å². The Kier molecular flexibility index (Phi) is 7.05. The van der Waals surface area contributed by atoms with Crippen molar-refractivity contribution in [3.8, 4) is 17.0 Å². The number of aromatic nitrogens is 3. The topological polar surface area (TPSA) is 84.9 Å². The highest BCUT2D eigenvalue weighted by atomic mass is 35.5. The van der Waals surface area contributed by atoms with Crippen molar-refractivity contribution >= 4 is 29.1 Å². The van der Waals surface area contributed by atoms with E-state index in [1.54, 1.807) is 30.0 Å². The lowest BCUT2D eigenvalue weighted by atomic mass is 9.99. The van der Waals surface area contributed by atoms with Crippen LogP contribution in [0.4, 0.5) is 0 Å². The molecule has 0 saturated carbocycles. The summed E-state index contributed by atoms with van der Waals surface area (Å²) in [6.45, 7) is 0.755. The number of halogens is 2. The largest absolute Gasteiger partial charge is 0.481 e. The zero-order chi connectivity index (χ0) is 24.2. The van der Waals surface area contributed by atoms with E-state index in [-0.39, 0.29) is 5.91 Å². The molecule has 0 atom stereocenters. The van der Waals surface area contributed by atoms with E-state index < -0.39 is 0 Å². The minimum Gasteiger partial charge on any atom is -0.481 e. The van der Waals surface area contributed by atoms with Crippen molar-refractivity contribution in [1.29, 1.82) is 5.41 Å². The number of ether oxygens (including phenoxy) is 1. The van der Waals surface area contributed by atoms with Gasteiger partial charge in [0.1, 0.15) is 0 Å². The molecule has 0 fully saturated rings. The zero-order valence-electron chi connectivity index (χ0n) is 18.7. The SMILES string of the molecule is COc1cc(-c2cc(Cn3ccn(C)c3=N)cc(C(=O)NCc3ccc(Cl)c(Cl)c3)c2)ccn1. The molecule has 2 aromatic carbocycles. The number of aryl methyl sites for hydroxylation is 1. The number of carbonyl (C=O) groups is 1. The van der Waals surface area contributed by atoms with Gasteiger partial charge in [0.05, 0.1) is 23.7 Å². The first-order chi connectivity index (χ1) is 16.3. The molecule has 1 amide bonds. The van der Waals surface area contributed by atoms with Gasteiger partial charge in [0.25, 0.3) is 5.91 Å². The van der Waals surface area contributed by atoms with Gasteiger partial charge in [-0.05, 0) is 58.7 Å². The first kappa shape index (κ1) is 23.6. The summed E-state index contributed by atoms with van der Waals surface area (Å²) in [5.74, 6) is 0.263. The van der Waals surface area contributed by atoms with Gasteiger partial charge in [0, 0.05) is 43.8 Å². The van der Waals surface area contributed by atoms with Crippen LogP contribution in [0, 0.1) is 5.41 Å². The number of methoxy groups -OCH3 is 1. The molecule has 0 unspecified atom stereocenters. The molecule has 2 heterocycles. The van der Waals surface area contributed by atoms with Crippen LogP contribution >= 0.6 is 23.2 Å². The molecule has 4 rings (SSSR count). The quantitative estimate of drug-likeness (QED) is 0.390. The number of nitrogens with one attached hydrogen (secondary N) is 2. The smallest absolute Gasteiger partial charge is 0.251 e. The van der Waals surface area contributed by atoms with E-state index >= 15 is 0 Å². The number of pyridine rings is 1. The number of nitrogens with zero attached hydrogens (tertiary/aromatic N) is 3. The number of amides is 1. The average Bonchev–Trinajstić information content (AvgIpc) is 3.16. The number of carbonyl (C=O) groups excluding carboxylic acids is 1. The number of rotatable bonds is 7. The third kappa shape index (κ3) is 5.32. The molecule has 0 aliphatic rings. The van der Waals surface area contributed by atoms with Gasteiger partial charge in [-0.3, -0.25) is 10.2 Å². The number of hydrogen-bond acceptors (Lipinski definition) is 4. The molecule has 0 spiro atoms. The molecule has 9 heteroatoms. The van der Waals surface area contributed by atoms with Crippen molar-refractivity contribution < 1.29 is 9.53 Å². The lowest BCUT2D eigenvalue weighted by molar-refractivity contribution is 0.0951. The van der Waals surface area contributed by atoms with Crippen molar-refractivity contribution in [2.24, 2.45) is 7.05 Å². The Hall–Kier alpha value is -3.55. The summed E-state index contributed by atoms with van der Waals surface area (Å²) >= 11 is 12.1. The van der Waals surface area contributed by atoms with Gasteiger partial charge in [0.2, 0.25) is 11.5 Å². The Labute approximate surface area is 207 Å². The van der Waals surface area contributed by atoms with Gasteiger partial charge in [-0.1, -0.05) is 29.3 Å². The third-order valence-electron chi connectivity index (χ3n) is 5.40. The van der Waals surface area contributed by atoms with Crippen LogP contribution in [0.15, 0.2) is 67.1 Å². The molecule has 2 aromatic heterocycles. The molecule has 0 aliphatic carbocycles. The second-order valence-corrected chi connectivity index (χ2v) is 8.61. The van der Waals surface area contributed by atoms with Crippen LogP contribution < -0.4 is 15.7 Å². The fourth-order valence-corrected chi connectivity index (χ4v) is 3.88. The Morgan fingerprint density at radius 3 is 2.56 bits per heavy atom. The number of hydrogen-bond donors (Lipinski definition) is 2. The highest BCUT2D eigenvalue weighted by molar-refractivity contribution is 6.42. The second-order valence-electron chi connectivity index (χ2n) is 7.80. The van der Waals surface area contributed by atoms with E-state index in [2.05, 4.69) is 10.3 Å². The van der Waals surface area contributed by atoms with Gasteiger partial charge in [0.15, 0.2) is 0 Å². The van der Waals surface area contributed by atoms with Crippen LogP contribution in [-0.4, -0.2) is 27.1 Å². The van der Waals surface area contributed by atoms with Crippen LogP contribution in [0.1, 0.15) is 21.5 Å². The Morgan fingerprint density at radius 1 is 1.03 bits per heavy atom. The second kappa shape index (κ2) is 10.2. The Balaban J connectivity index is 1.66. The van der Waals surface area contributed by atoms with E-state index in [1.165, 1.54) is 0 Å². The molecule has 2 N–H and O–H groups in total.